The molecule has 1 rings (SSSR count). The second-order valence-electron chi connectivity index (χ2n) is 3.90. The van der Waals surface area contributed by atoms with Crippen LogP contribution in [-0.2, 0) is 5.54 Å². The van der Waals surface area contributed by atoms with E-state index >= 15 is 0 Å². The second kappa shape index (κ2) is 6.86. The minimum absolute atomic E-state index is 0.173. The van der Waals surface area contributed by atoms with Crippen molar-refractivity contribution in [2.75, 3.05) is 5.88 Å². The Morgan fingerprint density at radius 3 is 1.93 bits per heavy atom. The number of aryl methyl sites for hydroxylation is 1. The first-order valence-electron chi connectivity index (χ1n) is 5.40. The maximum Gasteiger partial charge on any atom is 0.0378 e. The Bertz CT molecular complexity index is 264. The fourth-order valence-electron chi connectivity index (χ4n) is 1.14. The Kier molecular flexibility index (Phi) is 6.62. The van der Waals surface area contributed by atoms with Gasteiger partial charge in [0, 0.05) is 11.4 Å². The molecular formula is C13H22ClN. The van der Waals surface area contributed by atoms with E-state index in [4.69, 9.17) is 17.3 Å². The third kappa shape index (κ3) is 5.19. The van der Waals surface area contributed by atoms with E-state index in [1.54, 1.807) is 0 Å². The summed E-state index contributed by atoms with van der Waals surface area (Å²) in [6.45, 7) is 8.16. The van der Waals surface area contributed by atoms with Gasteiger partial charge in [-0.05, 0) is 25.8 Å². The van der Waals surface area contributed by atoms with E-state index in [-0.39, 0.29) is 5.54 Å². The zero-order chi connectivity index (χ0) is 11.9. The Morgan fingerprint density at radius 2 is 1.60 bits per heavy atom. The SMILES string of the molecule is CCC(C)(N)c1ccc(C)cc1.CCCl. The van der Waals surface area contributed by atoms with Gasteiger partial charge in [-0.15, -0.1) is 11.6 Å². The number of hydrogen-bond acceptors (Lipinski definition) is 1. The lowest BCUT2D eigenvalue weighted by atomic mass is 9.90. The van der Waals surface area contributed by atoms with Crippen LogP contribution in [0.25, 0.3) is 0 Å². The molecule has 1 atom stereocenters. The Balaban J connectivity index is 0.000000583. The second-order valence-corrected chi connectivity index (χ2v) is 4.44. The van der Waals surface area contributed by atoms with Gasteiger partial charge in [-0.1, -0.05) is 43.7 Å². The zero-order valence-electron chi connectivity index (χ0n) is 10.2. The fraction of sp³-hybridized carbons (Fsp3) is 0.538. The Hall–Kier alpha value is -0.530. The molecule has 0 spiro atoms. The predicted molar refractivity (Wildman–Crippen MR) is 69.4 cm³/mol. The van der Waals surface area contributed by atoms with Crippen LogP contribution in [0.15, 0.2) is 24.3 Å². The molecule has 0 radical (unpaired) electrons. The summed E-state index contributed by atoms with van der Waals surface area (Å²) in [6.07, 6.45) is 0.968. The molecule has 86 valence electrons. The molecule has 15 heavy (non-hydrogen) atoms. The van der Waals surface area contributed by atoms with Crippen molar-refractivity contribution in [3.63, 3.8) is 0 Å². The molecule has 0 amide bonds. The summed E-state index contributed by atoms with van der Waals surface area (Å²) in [6, 6.07) is 8.43. The van der Waals surface area contributed by atoms with Gasteiger partial charge in [0.25, 0.3) is 0 Å². The fourth-order valence-corrected chi connectivity index (χ4v) is 1.14. The van der Waals surface area contributed by atoms with E-state index in [0.29, 0.717) is 0 Å². The highest BCUT2D eigenvalue weighted by Crippen LogP contribution is 2.20. The van der Waals surface area contributed by atoms with Crippen LogP contribution in [0.2, 0.25) is 0 Å². The zero-order valence-corrected chi connectivity index (χ0v) is 10.9. The highest BCUT2D eigenvalue weighted by Gasteiger charge is 2.17. The summed E-state index contributed by atoms with van der Waals surface area (Å²) in [5.41, 5.74) is 8.42. The normalized spacial score (nSPS) is 13.7. The molecule has 0 fully saturated rings. The molecule has 0 bridgehead atoms. The molecule has 0 aliphatic rings. The molecule has 0 heterocycles. The molecule has 0 aliphatic carbocycles. The van der Waals surface area contributed by atoms with Crippen LogP contribution >= 0.6 is 11.6 Å². The minimum Gasteiger partial charge on any atom is -0.322 e. The third-order valence-electron chi connectivity index (χ3n) is 2.45. The summed E-state index contributed by atoms with van der Waals surface area (Å²) in [5.74, 6) is 0.722. The Morgan fingerprint density at radius 1 is 1.20 bits per heavy atom. The van der Waals surface area contributed by atoms with E-state index in [1.807, 2.05) is 6.92 Å². The van der Waals surface area contributed by atoms with Gasteiger partial charge in [-0.2, -0.15) is 0 Å². The van der Waals surface area contributed by atoms with Crippen molar-refractivity contribution in [1.82, 2.24) is 0 Å². The summed E-state index contributed by atoms with van der Waals surface area (Å²) < 4.78 is 0. The summed E-state index contributed by atoms with van der Waals surface area (Å²) >= 11 is 5.00. The summed E-state index contributed by atoms with van der Waals surface area (Å²) in [4.78, 5) is 0. The third-order valence-corrected chi connectivity index (χ3v) is 2.45. The first-order chi connectivity index (χ1) is 6.97. The number of benzene rings is 1. The number of halogens is 1. The molecule has 1 aromatic carbocycles. The van der Waals surface area contributed by atoms with E-state index in [1.165, 1.54) is 11.1 Å². The molecule has 0 aromatic heterocycles. The van der Waals surface area contributed by atoms with Crippen molar-refractivity contribution in [3.05, 3.63) is 35.4 Å². The van der Waals surface area contributed by atoms with Gasteiger partial charge < -0.3 is 5.73 Å². The smallest absolute Gasteiger partial charge is 0.0378 e. The first-order valence-corrected chi connectivity index (χ1v) is 5.93. The van der Waals surface area contributed by atoms with Crippen molar-refractivity contribution in [3.8, 4) is 0 Å². The van der Waals surface area contributed by atoms with Gasteiger partial charge in [0.2, 0.25) is 0 Å². The van der Waals surface area contributed by atoms with Gasteiger partial charge in [0.15, 0.2) is 0 Å². The number of nitrogens with two attached hydrogens (primary N) is 1. The van der Waals surface area contributed by atoms with Crippen molar-refractivity contribution < 1.29 is 0 Å². The van der Waals surface area contributed by atoms with Crippen molar-refractivity contribution in [1.29, 1.82) is 0 Å². The lowest BCUT2D eigenvalue weighted by Crippen LogP contribution is -2.31. The monoisotopic (exact) mass is 227 g/mol. The average molecular weight is 228 g/mol. The van der Waals surface area contributed by atoms with Crippen LogP contribution in [0.1, 0.15) is 38.3 Å². The van der Waals surface area contributed by atoms with Crippen LogP contribution in [0.5, 0.6) is 0 Å². The van der Waals surface area contributed by atoms with Gasteiger partial charge in [0.1, 0.15) is 0 Å². The molecule has 0 saturated carbocycles. The number of alkyl halides is 1. The maximum absolute atomic E-state index is 6.09. The molecule has 2 heteroatoms. The van der Waals surface area contributed by atoms with Crippen LogP contribution < -0.4 is 5.73 Å². The van der Waals surface area contributed by atoms with Gasteiger partial charge in [-0.25, -0.2) is 0 Å². The molecule has 1 nitrogen and oxygen atoms in total. The molecule has 0 saturated heterocycles. The highest BCUT2D eigenvalue weighted by molar-refractivity contribution is 6.17. The number of rotatable bonds is 2. The minimum atomic E-state index is -0.173. The lowest BCUT2D eigenvalue weighted by Gasteiger charge is -2.23. The quantitative estimate of drug-likeness (QED) is 0.764. The van der Waals surface area contributed by atoms with Gasteiger partial charge >= 0.3 is 0 Å². The molecule has 1 aromatic rings. The predicted octanol–water partition coefficient (Wildman–Crippen LogP) is 3.82. The van der Waals surface area contributed by atoms with Crippen LogP contribution in [0, 0.1) is 6.92 Å². The first kappa shape index (κ1) is 14.5. The largest absolute Gasteiger partial charge is 0.322 e. The van der Waals surface area contributed by atoms with Crippen LogP contribution in [-0.4, -0.2) is 5.88 Å². The lowest BCUT2D eigenvalue weighted by molar-refractivity contribution is 0.476. The highest BCUT2D eigenvalue weighted by atomic mass is 35.5. The topological polar surface area (TPSA) is 26.0 Å². The average Bonchev–Trinajstić information content (AvgIpc) is 2.20. The van der Waals surface area contributed by atoms with E-state index in [2.05, 4.69) is 45.0 Å². The van der Waals surface area contributed by atoms with Crippen LogP contribution in [0.4, 0.5) is 0 Å². The molecule has 0 aliphatic heterocycles. The summed E-state index contributed by atoms with van der Waals surface area (Å²) in [7, 11) is 0. The van der Waals surface area contributed by atoms with Crippen molar-refractivity contribution >= 4 is 11.6 Å². The van der Waals surface area contributed by atoms with Gasteiger partial charge in [-0.3, -0.25) is 0 Å². The van der Waals surface area contributed by atoms with Crippen molar-refractivity contribution in [2.24, 2.45) is 5.73 Å². The molecule has 2 N–H and O–H groups in total. The summed E-state index contributed by atoms with van der Waals surface area (Å²) in [5, 5.41) is 0. The standard InChI is InChI=1S/C11H17N.C2H5Cl/c1-4-11(3,12)10-7-5-9(2)6-8-10;1-2-3/h5-8H,4,12H2,1-3H3;2H2,1H3. The van der Waals surface area contributed by atoms with Crippen molar-refractivity contribution in [2.45, 2.75) is 39.7 Å². The maximum atomic E-state index is 6.09. The Labute approximate surface area is 98.6 Å². The van der Waals surface area contributed by atoms with E-state index < -0.39 is 0 Å². The number of hydrogen-bond donors (Lipinski definition) is 1. The molecular weight excluding hydrogens is 206 g/mol. The molecule has 1 unspecified atom stereocenters. The van der Waals surface area contributed by atoms with E-state index in [0.717, 1.165) is 12.3 Å². The van der Waals surface area contributed by atoms with Gasteiger partial charge in [0.05, 0.1) is 0 Å². The van der Waals surface area contributed by atoms with E-state index in [9.17, 15) is 0 Å². The van der Waals surface area contributed by atoms with Crippen LogP contribution in [0.3, 0.4) is 0 Å².